The second-order valence-corrected chi connectivity index (χ2v) is 6.73. The monoisotopic (exact) mass is 487 g/mol. The van der Waals surface area contributed by atoms with Gasteiger partial charge in [0, 0.05) is 45.7 Å². The molecule has 1 aromatic carbocycles. The van der Waals surface area contributed by atoms with Crippen molar-refractivity contribution in [2.45, 2.75) is 45.2 Å². The number of rotatable bonds is 9. The molecule has 27 heavy (non-hydrogen) atoms. The number of guanidine groups is 1. The summed E-state index contributed by atoms with van der Waals surface area (Å²) in [4.78, 5) is 18.4. The maximum Gasteiger partial charge on any atom is 0.221 e. The first-order chi connectivity index (χ1) is 12.7. The molecular weight excluding hydrogens is 453 g/mol. The van der Waals surface area contributed by atoms with E-state index < -0.39 is 0 Å². The summed E-state index contributed by atoms with van der Waals surface area (Å²) in [6, 6.07) is 11.1. The molecule has 1 fully saturated rings. The van der Waals surface area contributed by atoms with E-state index in [1.807, 2.05) is 0 Å². The third-order valence-electron chi connectivity index (χ3n) is 4.67. The molecule has 1 amide bonds. The lowest BCUT2D eigenvalue weighted by Crippen LogP contribution is -2.45. The number of amides is 1. The highest BCUT2D eigenvalue weighted by atomic mass is 127. The Balaban J connectivity index is 0.00000364. The minimum atomic E-state index is 0. The molecule has 1 atom stereocenters. The van der Waals surface area contributed by atoms with Crippen LogP contribution < -0.4 is 16.0 Å². The van der Waals surface area contributed by atoms with Crippen LogP contribution in [0.15, 0.2) is 35.3 Å². The zero-order chi connectivity index (χ0) is 18.6. The molecule has 0 saturated carbocycles. The molecule has 2 rings (SSSR count). The van der Waals surface area contributed by atoms with Crippen molar-refractivity contribution in [2.24, 2.45) is 4.99 Å². The number of aliphatic imine (C=N–C) groups is 1. The van der Waals surface area contributed by atoms with E-state index in [0.29, 0.717) is 19.0 Å². The minimum Gasteiger partial charge on any atom is -0.356 e. The summed E-state index contributed by atoms with van der Waals surface area (Å²) in [5, 5.41) is 9.52. The van der Waals surface area contributed by atoms with E-state index in [1.54, 1.807) is 7.05 Å². The molecule has 152 valence electrons. The molecule has 1 saturated heterocycles. The van der Waals surface area contributed by atoms with Crippen LogP contribution in [0.3, 0.4) is 0 Å². The van der Waals surface area contributed by atoms with Gasteiger partial charge in [0.2, 0.25) is 5.91 Å². The van der Waals surface area contributed by atoms with Crippen LogP contribution in [-0.4, -0.2) is 56.0 Å². The Morgan fingerprint density at radius 2 is 1.96 bits per heavy atom. The van der Waals surface area contributed by atoms with Crippen LogP contribution >= 0.6 is 24.0 Å². The van der Waals surface area contributed by atoms with Crippen molar-refractivity contribution < 1.29 is 4.79 Å². The minimum absolute atomic E-state index is 0. The van der Waals surface area contributed by atoms with Gasteiger partial charge in [0.1, 0.15) is 0 Å². The van der Waals surface area contributed by atoms with Gasteiger partial charge in [0.25, 0.3) is 0 Å². The number of halogens is 1. The molecule has 0 spiro atoms. The van der Waals surface area contributed by atoms with Crippen molar-refractivity contribution in [3.63, 3.8) is 0 Å². The molecule has 1 aliphatic heterocycles. The third kappa shape index (κ3) is 8.92. The second-order valence-electron chi connectivity index (χ2n) is 6.73. The Kier molecular flexibility index (Phi) is 12.1. The zero-order valence-corrected chi connectivity index (χ0v) is 18.9. The molecule has 1 aromatic rings. The number of likely N-dealkylation sites (tertiary alicyclic amines) is 1. The van der Waals surface area contributed by atoms with Crippen molar-refractivity contribution in [2.75, 3.05) is 33.2 Å². The van der Waals surface area contributed by atoms with Crippen LogP contribution in [0.2, 0.25) is 0 Å². The number of hydrogen-bond donors (Lipinski definition) is 3. The first-order valence-electron chi connectivity index (χ1n) is 9.72. The van der Waals surface area contributed by atoms with Gasteiger partial charge in [0.05, 0.1) is 0 Å². The summed E-state index contributed by atoms with van der Waals surface area (Å²) >= 11 is 0. The Labute approximate surface area is 180 Å². The van der Waals surface area contributed by atoms with Crippen LogP contribution in [-0.2, 0) is 11.3 Å². The third-order valence-corrected chi connectivity index (χ3v) is 4.67. The molecule has 0 aromatic heterocycles. The van der Waals surface area contributed by atoms with Gasteiger partial charge in [-0.1, -0.05) is 37.3 Å². The molecule has 6 nitrogen and oxygen atoms in total. The Bertz CT molecular complexity index is 567. The van der Waals surface area contributed by atoms with Crippen LogP contribution in [0, 0.1) is 0 Å². The van der Waals surface area contributed by atoms with Gasteiger partial charge in [-0.2, -0.15) is 0 Å². The second kappa shape index (κ2) is 13.8. The number of benzene rings is 1. The number of carbonyl (C=O) groups excluding carboxylic acids is 1. The van der Waals surface area contributed by atoms with Crippen LogP contribution in [0.1, 0.15) is 38.2 Å². The number of hydrogen-bond acceptors (Lipinski definition) is 3. The summed E-state index contributed by atoms with van der Waals surface area (Å²) < 4.78 is 0. The van der Waals surface area contributed by atoms with Crippen molar-refractivity contribution >= 4 is 35.8 Å². The molecule has 3 N–H and O–H groups in total. The van der Waals surface area contributed by atoms with E-state index in [9.17, 15) is 4.79 Å². The SMILES string of the molecule is CCCNC(=O)CCNC(=NC)NCC1CCCN1Cc1ccccc1.I. The van der Waals surface area contributed by atoms with Crippen LogP contribution in [0.5, 0.6) is 0 Å². The highest BCUT2D eigenvalue weighted by Gasteiger charge is 2.24. The molecule has 0 aliphatic carbocycles. The van der Waals surface area contributed by atoms with Crippen molar-refractivity contribution in [1.29, 1.82) is 0 Å². The van der Waals surface area contributed by atoms with Gasteiger partial charge in [-0.05, 0) is 31.4 Å². The predicted molar refractivity (Wildman–Crippen MR) is 123 cm³/mol. The molecule has 7 heteroatoms. The summed E-state index contributed by atoms with van der Waals surface area (Å²) in [6.45, 7) is 6.39. The molecule has 0 radical (unpaired) electrons. The highest BCUT2D eigenvalue weighted by Crippen LogP contribution is 2.19. The fraction of sp³-hybridized carbons (Fsp3) is 0.600. The van der Waals surface area contributed by atoms with Crippen LogP contribution in [0.4, 0.5) is 0 Å². The van der Waals surface area contributed by atoms with Crippen molar-refractivity contribution in [3.8, 4) is 0 Å². The maximum atomic E-state index is 11.6. The number of nitrogens with zero attached hydrogens (tertiary/aromatic N) is 2. The van der Waals surface area contributed by atoms with Crippen molar-refractivity contribution in [3.05, 3.63) is 35.9 Å². The van der Waals surface area contributed by atoms with E-state index in [-0.39, 0.29) is 29.9 Å². The quantitative estimate of drug-likeness (QED) is 0.284. The van der Waals surface area contributed by atoms with E-state index in [1.165, 1.54) is 18.4 Å². The maximum absolute atomic E-state index is 11.6. The Morgan fingerprint density at radius 1 is 1.19 bits per heavy atom. The summed E-state index contributed by atoms with van der Waals surface area (Å²) in [6.07, 6.45) is 3.87. The lowest BCUT2D eigenvalue weighted by Gasteiger charge is -2.25. The van der Waals surface area contributed by atoms with Gasteiger partial charge in [0.15, 0.2) is 5.96 Å². The number of carbonyl (C=O) groups is 1. The normalized spacial score (nSPS) is 17.3. The highest BCUT2D eigenvalue weighted by molar-refractivity contribution is 14.0. The molecule has 1 aliphatic rings. The molecule has 0 bridgehead atoms. The van der Waals surface area contributed by atoms with Gasteiger partial charge in [-0.3, -0.25) is 14.7 Å². The van der Waals surface area contributed by atoms with E-state index >= 15 is 0 Å². The average molecular weight is 487 g/mol. The summed E-state index contributed by atoms with van der Waals surface area (Å²) in [5.74, 6) is 0.847. The zero-order valence-electron chi connectivity index (χ0n) is 16.5. The van der Waals surface area contributed by atoms with Crippen LogP contribution in [0.25, 0.3) is 0 Å². The largest absolute Gasteiger partial charge is 0.356 e. The smallest absolute Gasteiger partial charge is 0.221 e. The summed E-state index contributed by atoms with van der Waals surface area (Å²) in [7, 11) is 1.77. The molecular formula is C20H34IN5O. The summed E-state index contributed by atoms with van der Waals surface area (Å²) in [5.41, 5.74) is 1.36. The van der Waals surface area contributed by atoms with E-state index in [0.717, 1.165) is 38.6 Å². The fourth-order valence-electron chi connectivity index (χ4n) is 3.23. The lowest BCUT2D eigenvalue weighted by atomic mass is 10.2. The number of nitrogens with one attached hydrogen (secondary N) is 3. The van der Waals surface area contributed by atoms with Crippen molar-refractivity contribution in [1.82, 2.24) is 20.9 Å². The van der Waals surface area contributed by atoms with Gasteiger partial charge in [-0.15, -0.1) is 24.0 Å². The van der Waals surface area contributed by atoms with Gasteiger partial charge >= 0.3 is 0 Å². The predicted octanol–water partition coefficient (Wildman–Crippen LogP) is 2.35. The molecule has 1 unspecified atom stereocenters. The van der Waals surface area contributed by atoms with E-state index in [2.05, 4.69) is 63.1 Å². The fourth-order valence-corrected chi connectivity index (χ4v) is 3.23. The topological polar surface area (TPSA) is 68.8 Å². The average Bonchev–Trinajstić information content (AvgIpc) is 3.10. The van der Waals surface area contributed by atoms with Gasteiger partial charge in [-0.25, -0.2) is 0 Å². The standard InChI is InChI=1S/C20H33N5O.HI/c1-3-12-22-19(26)11-13-23-20(21-2)24-15-18-10-7-14-25(18)16-17-8-5-4-6-9-17;/h4-6,8-9,18H,3,7,10-16H2,1-2H3,(H,22,26)(H2,21,23,24);1H. The lowest BCUT2D eigenvalue weighted by molar-refractivity contribution is -0.120. The Morgan fingerprint density at radius 3 is 2.67 bits per heavy atom. The first kappa shape index (κ1) is 23.7. The van der Waals surface area contributed by atoms with Gasteiger partial charge < -0.3 is 16.0 Å². The molecule has 1 heterocycles. The van der Waals surface area contributed by atoms with E-state index in [4.69, 9.17) is 0 Å². The first-order valence-corrected chi connectivity index (χ1v) is 9.72. The Hall–Kier alpha value is -1.35.